The maximum atomic E-state index is 11.2. The Bertz CT molecular complexity index is 1840. The van der Waals surface area contributed by atoms with E-state index in [0.717, 1.165) is 0 Å². The Morgan fingerprint density at radius 2 is 0.486 bits per heavy atom. The Labute approximate surface area is 410 Å². The van der Waals surface area contributed by atoms with Crippen molar-refractivity contribution in [3.05, 3.63) is 69.1 Å². The molecule has 0 radical (unpaired) electrons. The lowest BCUT2D eigenvalue weighted by Crippen LogP contribution is -2.45. The first kappa shape index (κ1) is 63.4. The van der Waals surface area contributed by atoms with Gasteiger partial charge in [0, 0.05) is 97.9 Å². The van der Waals surface area contributed by atoms with E-state index in [1.807, 2.05) is 16.8 Å². The molecule has 1 saturated heterocycles. The van der Waals surface area contributed by atoms with E-state index in [0.29, 0.717) is 26.2 Å². The monoisotopic (exact) mass is 1050 g/mol. The molecule has 2 aliphatic heterocycles. The Balaban J connectivity index is 2.88. The molecule has 0 amide bonds. The molecule has 0 saturated carbocycles. The molecular formula is C41H70N2O29. The minimum atomic E-state index is -2.80. The van der Waals surface area contributed by atoms with Crippen molar-refractivity contribution in [1.29, 1.82) is 0 Å². The number of likely N-dealkylation sites (N-methyl/N-ethyl adjacent to an activating group) is 1. The summed E-state index contributed by atoms with van der Waals surface area (Å²) in [6, 6.07) is 0. The zero-order chi connectivity index (χ0) is 54.6. The van der Waals surface area contributed by atoms with Gasteiger partial charge in [0.1, 0.15) is 36.6 Å². The van der Waals surface area contributed by atoms with Crippen LogP contribution in [0.4, 0.5) is 0 Å². The van der Waals surface area contributed by atoms with E-state index < -0.39 is 215 Å². The van der Waals surface area contributed by atoms with E-state index in [2.05, 4.69) is 0 Å². The van der Waals surface area contributed by atoms with Crippen LogP contribution in [-0.4, -0.2) is 274 Å². The van der Waals surface area contributed by atoms with Crippen LogP contribution in [0, 0.1) is 0 Å². The molecule has 0 bridgehead atoms. The summed E-state index contributed by atoms with van der Waals surface area (Å²) in [6.07, 6.45) is -33.7. The summed E-state index contributed by atoms with van der Waals surface area (Å²) >= 11 is 0. The van der Waals surface area contributed by atoms with Gasteiger partial charge >= 0.3 is 0 Å². The van der Waals surface area contributed by atoms with Gasteiger partial charge in [0.25, 0.3) is 0 Å². The van der Waals surface area contributed by atoms with E-state index in [9.17, 15) is 117 Å². The van der Waals surface area contributed by atoms with Crippen molar-refractivity contribution >= 4 is 0 Å². The SMILES string of the molecule is CN1CCN(CCC2OC(O)/C(O)=C(\O)C(CCO)OC(O)/C(O)=C(\O)C(CCO)OC(O)/C(O)=C(\O)C(CCO)OC(O)/C(O)=C(\O)C(CCO)OC(O)/C(O)=C(/O)C(CCO)OC(O)/C(O)=C/2O)CC1. The van der Waals surface area contributed by atoms with E-state index in [1.165, 1.54) is 0 Å². The number of hydrogen-bond acceptors (Lipinski definition) is 31. The summed E-state index contributed by atoms with van der Waals surface area (Å²) < 4.78 is 30.8. The molecule has 12 atom stereocenters. The molecule has 0 aromatic rings. The van der Waals surface area contributed by atoms with E-state index >= 15 is 0 Å². The average molecular weight is 1050 g/mol. The number of aliphatic hydroxyl groups excluding tert-OH is 23. The molecule has 2 aliphatic rings. The maximum Gasteiger partial charge on any atom is 0.218 e. The van der Waals surface area contributed by atoms with E-state index in [1.54, 1.807) is 0 Å². The summed E-state index contributed by atoms with van der Waals surface area (Å²) in [5, 5.41) is 243. The van der Waals surface area contributed by atoms with Gasteiger partial charge in [-0.3, -0.25) is 0 Å². The van der Waals surface area contributed by atoms with Crippen LogP contribution in [0.25, 0.3) is 0 Å². The third-order valence-electron chi connectivity index (χ3n) is 10.8. The zero-order valence-corrected chi connectivity index (χ0v) is 38.9. The first-order chi connectivity index (χ1) is 33.9. The number of ether oxygens (including phenoxy) is 6. The standard InChI is InChI=1S/C41H70N2O29/c1-42-9-11-43(12-10-42)8-2-18-24(49)30(55)37(62)68-20(4-14-45)26(51)32(57)39(64)70-22(6-16-47)28(53)34(59)41(66)72-23(7-17-48)29(54)35(60)40(65)71-21(5-15-46)27(52)33(58)38(63)69-19(3-13-44)25(50)31(56)36(61)67-18/h18-23,36-41,44-66H,2-17H2,1H3/b30-24+,31-25+,32-26-,33-27+,34-28+,35-29+. The molecule has 418 valence electrons. The van der Waals surface area contributed by atoms with Crippen molar-refractivity contribution in [2.45, 2.75) is 113 Å². The highest BCUT2D eigenvalue weighted by Gasteiger charge is 2.37. The third-order valence-corrected chi connectivity index (χ3v) is 10.8. The largest absolute Gasteiger partial charge is 0.506 e. The predicted octanol–water partition coefficient (Wildman–Crippen LogP) is -3.26. The highest BCUT2D eigenvalue weighted by Crippen LogP contribution is 2.28. The van der Waals surface area contributed by atoms with Gasteiger partial charge in [-0.1, -0.05) is 0 Å². The fourth-order valence-corrected chi connectivity index (χ4v) is 6.64. The van der Waals surface area contributed by atoms with Gasteiger partial charge in [0.15, 0.2) is 69.1 Å². The number of piperazine rings is 1. The quantitative estimate of drug-likeness (QED) is 0.0861. The molecule has 0 aromatic carbocycles. The van der Waals surface area contributed by atoms with Gasteiger partial charge in [-0.25, -0.2) is 0 Å². The van der Waals surface area contributed by atoms with Crippen LogP contribution in [0.2, 0.25) is 0 Å². The van der Waals surface area contributed by atoms with Crippen LogP contribution in [-0.2, 0) is 28.4 Å². The summed E-state index contributed by atoms with van der Waals surface area (Å²) in [7, 11) is 1.85. The van der Waals surface area contributed by atoms with Gasteiger partial charge in [-0.05, 0) is 13.5 Å². The maximum absolute atomic E-state index is 11.2. The second-order valence-corrected chi connectivity index (χ2v) is 16.0. The Hall–Kier alpha value is -4.72. The fourth-order valence-electron chi connectivity index (χ4n) is 6.64. The first-order valence-corrected chi connectivity index (χ1v) is 22.1. The van der Waals surface area contributed by atoms with Crippen molar-refractivity contribution in [1.82, 2.24) is 9.80 Å². The van der Waals surface area contributed by atoms with Crippen molar-refractivity contribution in [3.63, 3.8) is 0 Å². The van der Waals surface area contributed by atoms with Crippen molar-refractivity contribution in [2.24, 2.45) is 0 Å². The Kier molecular flexibility index (Phi) is 27.4. The third kappa shape index (κ3) is 18.3. The highest BCUT2D eigenvalue weighted by molar-refractivity contribution is 5.15. The lowest BCUT2D eigenvalue weighted by Gasteiger charge is -2.33. The molecule has 1 fully saturated rings. The number of hydrogen-bond donors (Lipinski definition) is 23. The molecular weight excluding hydrogens is 984 g/mol. The second-order valence-electron chi connectivity index (χ2n) is 16.0. The highest BCUT2D eigenvalue weighted by atomic mass is 16.7. The van der Waals surface area contributed by atoms with Gasteiger partial charge in [0.05, 0.1) is 0 Å². The Morgan fingerprint density at radius 3 is 0.667 bits per heavy atom. The zero-order valence-electron chi connectivity index (χ0n) is 38.9. The fraction of sp³-hybridized carbons (Fsp3) is 0.707. The van der Waals surface area contributed by atoms with Crippen molar-refractivity contribution < 1.29 is 146 Å². The van der Waals surface area contributed by atoms with Gasteiger partial charge < -0.3 is 156 Å². The van der Waals surface area contributed by atoms with Crippen LogP contribution in [0.1, 0.15) is 38.5 Å². The lowest BCUT2D eigenvalue weighted by atomic mass is 10.1. The summed E-state index contributed by atoms with van der Waals surface area (Å²) in [4.78, 5) is 3.83. The lowest BCUT2D eigenvalue weighted by molar-refractivity contribution is -0.162. The molecule has 0 spiro atoms. The molecule has 31 nitrogen and oxygen atoms in total. The molecule has 31 heteroatoms. The smallest absolute Gasteiger partial charge is 0.218 e. The minimum absolute atomic E-state index is 0.0149. The molecule has 12 unspecified atom stereocenters. The molecule has 23 N–H and O–H groups in total. The van der Waals surface area contributed by atoms with Crippen LogP contribution >= 0.6 is 0 Å². The van der Waals surface area contributed by atoms with Crippen LogP contribution in [0.5, 0.6) is 0 Å². The minimum Gasteiger partial charge on any atom is -0.506 e. The predicted molar refractivity (Wildman–Crippen MR) is 236 cm³/mol. The summed E-state index contributed by atoms with van der Waals surface area (Å²) in [5.41, 5.74) is 0. The normalized spacial score (nSPS) is 37.7. The molecule has 2 rings (SSSR count). The second kappa shape index (κ2) is 31.1. The number of nitrogens with zero attached hydrogens (tertiary/aromatic N) is 2. The molecule has 0 aliphatic carbocycles. The van der Waals surface area contributed by atoms with Crippen LogP contribution < -0.4 is 0 Å². The van der Waals surface area contributed by atoms with Gasteiger partial charge in [0.2, 0.25) is 37.7 Å². The van der Waals surface area contributed by atoms with Crippen LogP contribution in [0.3, 0.4) is 0 Å². The Morgan fingerprint density at radius 1 is 0.306 bits per heavy atom. The average Bonchev–Trinajstić information content (AvgIpc) is 3.36. The van der Waals surface area contributed by atoms with Gasteiger partial charge in [-0.2, -0.15) is 0 Å². The molecule has 72 heavy (non-hydrogen) atoms. The van der Waals surface area contributed by atoms with Gasteiger partial charge in [-0.15, -0.1) is 0 Å². The molecule has 2 heterocycles. The summed E-state index contributed by atoms with van der Waals surface area (Å²) in [5.74, 6) is -18.2. The van der Waals surface area contributed by atoms with E-state index in [-0.39, 0.29) is 6.54 Å². The van der Waals surface area contributed by atoms with E-state index in [4.69, 9.17) is 28.4 Å². The van der Waals surface area contributed by atoms with Crippen molar-refractivity contribution in [3.8, 4) is 0 Å². The molecule has 0 aromatic heterocycles. The number of rotatable bonds is 13. The first-order valence-electron chi connectivity index (χ1n) is 22.1. The topological polar surface area (TPSA) is 527 Å². The van der Waals surface area contributed by atoms with Crippen molar-refractivity contribution in [2.75, 3.05) is 72.8 Å². The number of aliphatic hydroxyl groups is 23. The summed E-state index contributed by atoms with van der Waals surface area (Å²) in [6.45, 7) is -2.57. The van der Waals surface area contributed by atoms with Crippen LogP contribution in [0.15, 0.2) is 69.1 Å².